The Kier molecular flexibility index (Phi) is 7.20. The Balaban J connectivity index is 1.99. The monoisotopic (exact) mass is 232 g/mol. The summed E-state index contributed by atoms with van der Waals surface area (Å²) in [6, 6.07) is 8.24. The van der Waals surface area contributed by atoms with Crippen molar-refractivity contribution in [1.82, 2.24) is 0 Å². The Bertz CT molecular complexity index is 317. The molecule has 0 atom stereocenters. The second-order valence-electron chi connectivity index (χ2n) is 4.51. The largest absolute Gasteiger partial charge is 0.494 e. The van der Waals surface area contributed by atoms with Crippen LogP contribution in [-0.2, 0) is 0 Å². The zero-order valence-corrected chi connectivity index (χ0v) is 11.0. The SMILES string of the molecule is C=CCCCCCCCOc1cccc(C)c1. The van der Waals surface area contributed by atoms with Crippen LogP contribution in [0.25, 0.3) is 0 Å². The van der Waals surface area contributed by atoms with Crippen LogP contribution in [0.4, 0.5) is 0 Å². The first kappa shape index (κ1) is 13.8. The van der Waals surface area contributed by atoms with Crippen LogP contribution in [0.3, 0.4) is 0 Å². The summed E-state index contributed by atoms with van der Waals surface area (Å²) in [5.74, 6) is 0.997. The Labute approximate surface area is 106 Å². The summed E-state index contributed by atoms with van der Waals surface area (Å²) in [6.07, 6.45) is 9.48. The van der Waals surface area contributed by atoms with E-state index in [1.54, 1.807) is 0 Å². The second kappa shape index (κ2) is 8.86. The topological polar surface area (TPSA) is 9.23 Å². The molecule has 0 radical (unpaired) electrons. The van der Waals surface area contributed by atoms with Crippen LogP contribution in [0, 0.1) is 6.92 Å². The fourth-order valence-electron chi connectivity index (χ4n) is 1.82. The lowest BCUT2D eigenvalue weighted by atomic mass is 10.1. The number of aryl methyl sites for hydroxylation is 1. The van der Waals surface area contributed by atoms with Gasteiger partial charge >= 0.3 is 0 Å². The lowest BCUT2D eigenvalue weighted by molar-refractivity contribution is 0.304. The average Bonchev–Trinajstić information content (AvgIpc) is 2.33. The average molecular weight is 232 g/mol. The number of hydrogen-bond donors (Lipinski definition) is 0. The predicted octanol–water partition coefficient (Wildman–Crippen LogP) is 4.90. The minimum absolute atomic E-state index is 0.838. The van der Waals surface area contributed by atoms with Crippen molar-refractivity contribution in [3.63, 3.8) is 0 Å². The summed E-state index contributed by atoms with van der Waals surface area (Å²) in [5.41, 5.74) is 1.26. The molecule has 0 fully saturated rings. The Morgan fingerprint density at radius 2 is 1.88 bits per heavy atom. The first-order chi connectivity index (χ1) is 8.33. The highest BCUT2D eigenvalue weighted by Crippen LogP contribution is 2.13. The minimum atomic E-state index is 0.838. The van der Waals surface area contributed by atoms with E-state index in [0.717, 1.165) is 25.2 Å². The molecule has 1 aromatic rings. The normalized spacial score (nSPS) is 10.2. The highest BCUT2D eigenvalue weighted by molar-refractivity contribution is 5.27. The summed E-state index contributed by atoms with van der Waals surface area (Å²) in [7, 11) is 0. The summed E-state index contributed by atoms with van der Waals surface area (Å²) in [6.45, 7) is 6.66. The molecule has 1 aromatic carbocycles. The smallest absolute Gasteiger partial charge is 0.119 e. The third-order valence-corrected chi connectivity index (χ3v) is 2.81. The van der Waals surface area contributed by atoms with Crippen LogP contribution in [-0.4, -0.2) is 6.61 Å². The Hall–Kier alpha value is -1.24. The lowest BCUT2D eigenvalue weighted by Crippen LogP contribution is -1.97. The van der Waals surface area contributed by atoms with Gasteiger partial charge in [0.1, 0.15) is 5.75 Å². The molecule has 0 saturated carbocycles. The maximum absolute atomic E-state index is 5.70. The van der Waals surface area contributed by atoms with Crippen molar-refractivity contribution >= 4 is 0 Å². The molecule has 0 aliphatic heterocycles. The van der Waals surface area contributed by atoms with E-state index in [4.69, 9.17) is 4.74 Å². The van der Waals surface area contributed by atoms with Gasteiger partial charge in [-0.05, 0) is 43.9 Å². The second-order valence-corrected chi connectivity index (χ2v) is 4.51. The molecule has 0 aromatic heterocycles. The number of unbranched alkanes of at least 4 members (excludes halogenated alkanes) is 5. The fourth-order valence-corrected chi connectivity index (χ4v) is 1.82. The molecule has 0 N–H and O–H groups in total. The van der Waals surface area contributed by atoms with Gasteiger partial charge in [-0.3, -0.25) is 0 Å². The summed E-state index contributed by atoms with van der Waals surface area (Å²) in [5, 5.41) is 0. The molecule has 0 aliphatic rings. The summed E-state index contributed by atoms with van der Waals surface area (Å²) < 4.78 is 5.70. The highest BCUT2D eigenvalue weighted by atomic mass is 16.5. The van der Waals surface area contributed by atoms with Gasteiger partial charge in [0.25, 0.3) is 0 Å². The van der Waals surface area contributed by atoms with Gasteiger partial charge in [0.05, 0.1) is 6.61 Å². The molecule has 0 bridgehead atoms. The molecule has 0 amide bonds. The van der Waals surface area contributed by atoms with E-state index in [-0.39, 0.29) is 0 Å². The molecule has 1 heteroatoms. The molecule has 17 heavy (non-hydrogen) atoms. The van der Waals surface area contributed by atoms with Gasteiger partial charge in [-0.25, -0.2) is 0 Å². The first-order valence-electron chi connectivity index (χ1n) is 6.63. The van der Waals surface area contributed by atoms with Gasteiger partial charge in [-0.2, -0.15) is 0 Å². The quantitative estimate of drug-likeness (QED) is 0.434. The molecular formula is C16H24O. The summed E-state index contributed by atoms with van der Waals surface area (Å²) in [4.78, 5) is 0. The Morgan fingerprint density at radius 1 is 1.12 bits per heavy atom. The van der Waals surface area contributed by atoms with Crippen LogP contribution in [0.2, 0.25) is 0 Å². The third kappa shape index (κ3) is 6.83. The van der Waals surface area contributed by atoms with Gasteiger partial charge in [0.2, 0.25) is 0 Å². The van der Waals surface area contributed by atoms with Crippen molar-refractivity contribution in [3.05, 3.63) is 42.5 Å². The highest BCUT2D eigenvalue weighted by Gasteiger charge is 1.94. The number of benzene rings is 1. The van der Waals surface area contributed by atoms with E-state index in [1.165, 1.54) is 31.2 Å². The number of allylic oxidation sites excluding steroid dienone is 1. The van der Waals surface area contributed by atoms with Crippen molar-refractivity contribution in [2.75, 3.05) is 6.61 Å². The maximum Gasteiger partial charge on any atom is 0.119 e. The van der Waals surface area contributed by atoms with Crippen molar-refractivity contribution < 1.29 is 4.74 Å². The van der Waals surface area contributed by atoms with Crippen molar-refractivity contribution in [2.24, 2.45) is 0 Å². The molecule has 0 aliphatic carbocycles. The van der Waals surface area contributed by atoms with E-state index >= 15 is 0 Å². The zero-order chi connectivity index (χ0) is 12.3. The van der Waals surface area contributed by atoms with Crippen molar-refractivity contribution in [1.29, 1.82) is 0 Å². The molecule has 0 heterocycles. The molecule has 1 rings (SSSR count). The van der Waals surface area contributed by atoms with Crippen molar-refractivity contribution in [2.45, 2.75) is 45.4 Å². The standard InChI is InChI=1S/C16H24O/c1-3-4-5-6-7-8-9-13-17-16-12-10-11-15(2)14-16/h3,10-12,14H,1,4-9,13H2,2H3. The lowest BCUT2D eigenvalue weighted by Gasteiger charge is -2.06. The van der Waals surface area contributed by atoms with E-state index in [0.29, 0.717) is 0 Å². The molecule has 0 unspecified atom stereocenters. The molecule has 94 valence electrons. The molecular weight excluding hydrogens is 208 g/mol. The van der Waals surface area contributed by atoms with Gasteiger partial charge in [0, 0.05) is 0 Å². The van der Waals surface area contributed by atoms with Crippen LogP contribution in [0.15, 0.2) is 36.9 Å². The predicted molar refractivity (Wildman–Crippen MR) is 74.6 cm³/mol. The summed E-state index contributed by atoms with van der Waals surface area (Å²) >= 11 is 0. The minimum Gasteiger partial charge on any atom is -0.494 e. The first-order valence-corrected chi connectivity index (χ1v) is 6.63. The van der Waals surface area contributed by atoms with Gasteiger partial charge < -0.3 is 4.74 Å². The number of hydrogen-bond acceptors (Lipinski definition) is 1. The van der Waals surface area contributed by atoms with E-state index in [1.807, 2.05) is 18.2 Å². The maximum atomic E-state index is 5.70. The third-order valence-electron chi connectivity index (χ3n) is 2.81. The van der Waals surface area contributed by atoms with E-state index in [2.05, 4.69) is 25.6 Å². The van der Waals surface area contributed by atoms with Crippen LogP contribution in [0.1, 0.15) is 44.1 Å². The molecule has 1 nitrogen and oxygen atoms in total. The zero-order valence-electron chi connectivity index (χ0n) is 11.0. The number of ether oxygens (including phenoxy) is 1. The van der Waals surface area contributed by atoms with Crippen LogP contribution >= 0.6 is 0 Å². The Morgan fingerprint density at radius 3 is 2.65 bits per heavy atom. The van der Waals surface area contributed by atoms with E-state index < -0.39 is 0 Å². The van der Waals surface area contributed by atoms with Gasteiger partial charge in [-0.1, -0.05) is 37.5 Å². The van der Waals surface area contributed by atoms with Crippen LogP contribution in [0.5, 0.6) is 5.75 Å². The number of rotatable bonds is 9. The van der Waals surface area contributed by atoms with Crippen molar-refractivity contribution in [3.8, 4) is 5.75 Å². The molecule has 0 spiro atoms. The van der Waals surface area contributed by atoms with Gasteiger partial charge in [0.15, 0.2) is 0 Å². The fraction of sp³-hybridized carbons (Fsp3) is 0.500. The van der Waals surface area contributed by atoms with E-state index in [9.17, 15) is 0 Å². The molecule has 0 saturated heterocycles. The van der Waals surface area contributed by atoms with Gasteiger partial charge in [-0.15, -0.1) is 6.58 Å². The van der Waals surface area contributed by atoms with Crippen LogP contribution < -0.4 is 4.74 Å².